The average Bonchev–Trinajstić information content (AvgIpc) is 2.83. The number of amides is 1. The Hall–Kier alpha value is -3.24. The molecule has 5 nitrogen and oxygen atoms in total. The van der Waals surface area contributed by atoms with Crippen molar-refractivity contribution in [1.82, 2.24) is 0 Å². The highest BCUT2D eigenvalue weighted by molar-refractivity contribution is 9.10. The van der Waals surface area contributed by atoms with E-state index in [1.165, 1.54) is 6.08 Å². The van der Waals surface area contributed by atoms with Gasteiger partial charge in [-0.3, -0.25) is 4.79 Å². The summed E-state index contributed by atoms with van der Waals surface area (Å²) in [5.74, 6) is 0.506. The van der Waals surface area contributed by atoms with Crippen LogP contribution in [0, 0.1) is 11.3 Å². The van der Waals surface area contributed by atoms with Crippen LogP contribution in [0.3, 0.4) is 0 Å². The van der Waals surface area contributed by atoms with Gasteiger partial charge in [-0.25, -0.2) is 0 Å². The Morgan fingerprint density at radius 3 is 2.61 bits per heavy atom. The molecule has 1 N–H and O–H groups in total. The summed E-state index contributed by atoms with van der Waals surface area (Å²) in [6, 6.07) is 17.9. The molecule has 0 aromatic heterocycles. The zero-order valence-electron chi connectivity index (χ0n) is 19.5. The predicted molar refractivity (Wildman–Crippen MR) is 149 cm³/mol. The molecule has 0 aliphatic carbocycles. The zero-order chi connectivity index (χ0) is 26.1. The van der Waals surface area contributed by atoms with E-state index in [1.54, 1.807) is 48.5 Å². The molecule has 36 heavy (non-hydrogen) atoms. The lowest BCUT2D eigenvalue weighted by Crippen LogP contribution is -2.13. The van der Waals surface area contributed by atoms with Crippen LogP contribution in [0.2, 0.25) is 10.0 Å². The molecule has 0 aliphatic heterocycles. The van der Waals surface area contributed by atoms with E-state index in [9.17, 15) is 10.1 Å². The standard InChI is InChI=1S/C28H23BrCl2N2O3/c1-3-6-19-11-18(12-21(16-32)28(34)33-24-8-5-7-22(29)14-24)13-26(35-4-2)27(19)36-17-20-9-10-23(30)15-25(20)31/h3,5,7-15H,1,4,6,17H2,2H3,(H,33,34)/b21-12-. The summed E-state index contributed by atoms with van der Waals surface area (Å²) in [7, 11) is 0. The molecule has 0 unspecified atom stereocenters. The number of carbonyl (C=O) groups excluding carboxylic acids is 1. The van der Waals surface area contributed by atoms with Crippen molar-refractivity contribution >= 4 is 56.8 Å². The molecule has 0 saturated carbocycles. The molecule has 3 rings (SSSR count). The van der Waals surface area contributed by atoms with Crippen LogP contribution in [0.4, 0.5) is 5.69 Å². The number of anilines is 1. The lowest BCUT2D eigenvalue weighted by molar-refractivity contribution is -0.112. The molecule has 0 heterocycles. The molecule has 0 atom stereocenters. The van der Waals surface area contributed by atoms with Crippen LogP contribution >= 0.6 is 39.1 Å². The number of nitrogens with one attached hydrogen (secondary N) is 1. The maximum Gasteiger partial charge on any atom is 0.266 e. The summed E-state index contributed by atoms with van der Waals surface area (Å²) in [4.78, 5) is 12.8. The van der Waals surface area contributed by atoms with E-state index in [-0.39, 0.29) is 12.2 Å². The lowest BCUT2D eigenvalue weighted by Gasteiger charge is -2.17. The summed E-state index contributed by atoms with van der Waals surface area (Å²) in [5.41, 5.74) is 2.70. The van der Waals surface area contributed by atoms with Crippen molar-refractivity contribution in [3.8, 4) is 17.6 Å². The number of rotatable bonds is 10. The largest absolute Gasteiger partial charge is 0.490 e. The molecular weight excluding hydrogens is 563 g/mol. The Kier molecular flexibility index (Phi) is 10.0. The average molecular weight is 586 g/mol. The highest BCUT2D eigenvalue weighted by Gasteiger charge is 2.16. The van der Waals surface area contributed by atoms with E-state index in [0.717, 1.165) is 15.6 Å². The van der Waals surface area contributed by atoms with Gasteiger partial charge in [-0.15, -0.1) is 6.58 Å². The lowest BCUT2D eigenvalue weighted by atomic mass is 10.0. The second-order valence-electron chi connectivity index (χ2n) is 7.59. The van der Waals surface area contributed by atoms with E-state index in [2.05, 4.69) is 27.8 Å². The third-order valence-electron chi connectivity index (χ3n) is 4.96. The van der Waals surface area contributed by atoms with E-state index >= 15 is 0 Å². The molecule has 1 amide bonds. The van der Waals surface area contributed by atoms with Gasteiger partial charge >= 0.3 is 0 Å². The van der Waals surface area contributed by atoms with Crippen molar-refractivity contribution in [2.75, 3.05) is 11.9 Å². The van der Waals surface area contributed by atoms with Gasteiger partial charge in [0.2, 0.25) is 0 Å². The van der Waals surface area contributed by atoms with Gasteiger partial charge in [0, 0.05) is 31.3 Å². The fraction of sp³-hybridized carbons (Fsp3) is 0.143. The van der Waals surface area contributed by atoms with Gasteiger partial charge < -0.3 is 14.8 Å². The Balaban J connectivity index is 1.94. The van der Waals surface area contributed by atoms with Crippen molar-refractivity contribution in [3.05, 3.63) is 104 Å². The second-order valence-corrected chi connectivity index (χ2v) is 9.35. The number of carbonyl (C=O) groups is 1. The van der Waals surface area contributed by atoms with Crippen LogP contribution in [0.5, 0.6) is 11.5 Å². The Bertz CT molecular complexity index is 1350. The van der Waals surface area contributed by atoms with Gasteiger partial charge in [-0.05, 0) is 67.4 Å². The van der Waals surface area contributed by atoms with Crippen molar-refractivity contribution in [2.45, 2.75) is 20.0 Å². The van der Waals surface area contributed by atoms with Gasteiger partial charge in [0.25, 0.3) is 5.91 Å². The highest BCUT2D eigenvalue weighted by Crippen LogP contribution is 2.36. The molecular formula is C28H23BrCl2N2O3. The zero-order valence-corrected chi connectivity index (χ0v) is 22.6. The molecule has 3 aromatic rings. The molecule has 0 fully saturated rings. The Morgan fingerprint density at radius 2 is 1.94 bits per heavy atom. The number of halogens is 3. The van der Waals surface area contributed by atoms with E-state index in [4.69, 9.17) is 32.7 Å². The van der Waals surface area contributed by atoms with Gasteiger partial charge in [-0.1, -0.05) is 57.3 Å². The molecule has 3 aromatic carbocycles. The fourth-order valence-electron chi connectivity index (χ4n) is 3.37. The highest BCUT2D eigenvalue weighted by atomic mass is 79.9. The molecule has 0 saturated heterocycles. The minimum atomic E-state index is -0.517. The summed E-state index contributed by atoms with van der Waals surface area (Å²) in [5, 5.41) is 13.4. The van der Waals surface area contributed by atoms with Gasteiger partial charge in [0.15, 0.2) is 11.5 Å². The number of hydrogen-bond donors (Lipinski definition) is 1. The van der Waals surface area contributed by atoms with Gasteiger partial charge in [-0.2, -0.15) is 5.26 Å². The molecule has 184 valence electrons. The molecule has 0 aliphatic rings. The van der Waals surface area contributed by atoms with Crippen LogP contribution in [-0.4, -0.2) is 12.5 Å². The van der Waals surface area contributed by atoms with Crippen LogP contribution in [0.1, 0.15) is 23.6 Å². The minimum absolute atomic E-state index is 0.0522. The van der Waals surface area contributed by atoms with Gasteiger partial charge in [0.1, 0.15) is 18.2 Å². The first kappa shape index (κ1) is 27.3. The number of ether oxygens (including phenoxy) is 2. The first-order valence-electron chi connectivity index (χ1n) is 11.0. The topological polar surface area (TPSA) is 71.4 Å². The summed E-state index contributed by atoms with van der Waals surface area (Å²) < 4.78 is 12.8. The van der Waals surface area contributed by atoms with Crippen LogP contribution in [0.15, 0.2) is 77.3 Å². The minimum Gasteiger partial charge on any atom is -0.490 e. The number of nitriles is 1. The summed E-state index contributed by atoms with van der Waals surface area (Å²) >= 11 is 15.7. The molecule has 0 radical (unpaired) electrons. The van der Waals surface area contributed by atoms with Crippen molar-refractivity contribution in [3.63, 3.8) is 0 Å². The third-order valence-corrected chi connectivity index (χ3v) is 6.04. The quantitative estimate of drug-likeness (QED) is 0.149. The normalized spacial score (nSPS) is 10.9. The maximum absolute atomic E-state index is 12.8. The van der Waals surface area contributed by atoms with Crippen molar-refractivity contribution in [1.29, 1.82) is 5.26 Å². The van der Waals surface area contributed by atoms with Crippen molar-refractivity contribution in [2.24, 2.45) is 0 Å². The maximum atomic E-state index is 12.8. The second kappa shape index (κ2) is 13.2. The Labute approximate surface area is 229 Å². The SMILES string of the molecule is C=CCc1cc(/C=C(/C#N)C(=O)Nc2cccc(Br)c2)cc(OCC)c1OCc1ccc(Cl)cc1Cl. The molecule has 0 bridgehead atoms. The smallest absolute Gasteiger partial charge is 0.266 e. The fourth-order valence-corrected chi connectivity index (χ4v) is 4.23. The monoisotopic (exact) mass is 584 g/mol. The first-order valence-corrected chi connectivity index (χ1v) is 12.6. The predicted octanol–water partition coefficient (Wildman–Crippen LogP) is 8.01. The number of benzene rings is 3. The summed E-state index contributed by atoms with van der Waals surface area (Å²) in [6.45, 7) is 6.30. The van der Waals surface area contributed by atoms with E-state index in [0.29, 0.717) is 45.8 Å². The number of nitrogens with zero attached hydrogens (tertiary/aromatic N) is 1. The van der Waals surface area contributed by atoms with E-state index < -0.39 is 5.91 Å². The molecule has 0 spiro atoms. The molecule has 8 heteroatoms. The van der Waals surface area contributed by atoms with Crippen LogP contribution in [-0.2, 0) is 17.8 Å². The number of hydrogen-bond acceptors (Lipinski definition) is 4. The van der Waals surface area contributed by atoms with E-state index in [1.807, 2.05) is 25.1 Å². The van der Waals surface area contributed by atoms with Crippen LogP contribution < -0.4 is 14.8 Å². The van der Waals surface area contributed by atoms with Gasteiger partial charge in [0.05, 0.1) is 6.61 Å². The summed E-state index contributed by atoms with van der Waals surface area (Å²) in [6.07, 6.45) is 3.74. The van der Waals surface area contributed by atoms with Crippen LogP contribution in [0.25, 0.3) is 6.08 Å². The number of allylic oxidation sites excluding steroid dienone is 1. The first-order chi connectivity index (χ1) is 17.3. The third kappa shape index (κ3) is 7.38. The van der Waals surface area contributed by atoms with Crippen molar-refractivity contribution < 1.29 is 14.3 Å². The Morgan fingerprint density at radius 1 is 1.14 bits per heavy atom.